The van der Waals surface area contributed by atoms with Crippen LogP contribution in [0.4, 0.5) is 5.82 Å². The van der Waals surface area contributed by atoms with Gasteiger partial charge >= 0.3 is 0 Å². The number of nitrogens with one attached hydrogen (secondary N) is 2. The van der Waals surface area contributed by atoms with Crippen molar-refractivity contribution in [3.05, 3.63) is 47.7 Å². The minimum Gasteiger partial charge on any atom is -0.360 e. The Balaban J connectivity index is 1.81. The number of rotatable bonds is 6. The van der Waals surface area contributed by atoms with Crippen molar-refractivity contribution < 1.29 is 14.1 Å². The second-order valence-electron chi connectivity index (χ2n) is 6.07. The van der Waals surface area contributed by atoms with E-state index < -0.39 is 0 Å². The van der Waals surface area contributed by atoms with Gasteiger partial charge in [-0.25, -0.2) is 0 Å². The monoisotopic (exact) mass is 315 g/mol. The van der Waals surface area contributed by atoms with Crippen LogP contribution in [0.15, 0.2) is 40.9 Å². The van der Waals surface area contributed by atoms with Crippen LogP contribution >= 0.6 is 0 Å². The lowest BCUT2D eigenvalue weighted by atomic mass is 9.81. The Morgan fingerprint density at radius 2 is 1.87 bits per heavy atom. The van der Waals surface area contributed by atoms with Crippen molar-refractivity contribution in [3.63, 3.8) is 0 Å². The predicted octanol–water partition coefficient (Wildman–Crippen LogP) is 2.41. The number of aryl methyl sites for hydroxylation is 1. The summed E-state index contributed by atoms with van der Waals surface area (Å²) in [6, 6.07) is 11.4. The van der Waals surface area contributed by atoms with E-state index in [1.54, 1.807) is 13.0 Å². The third kappa shape index (κ3) is 4.95. The van der Waals surface area contributed by atoms with E-state index >= 15 is 0 Å². The quantitative estimate of drug-likeness (QED) is 0.857. The molecule has 0 atom stereocenters. The first-order chi connectivity index (χ1) is 10.9. The smallest absolute Gasteiger partial charge is 0.245 e. The van der Waals surface area contributed by atoms with Crippen molar-refractivity contribution in [2.24, 2.45) is 0 Å². The Labute approximate surface area is 135 Å². The topological polar surface area (TPSA) is 84.2 Å². The van der Waals surface area contributed by atoms with Crippen molar-refractivity contribution in [1.29, 1.82) is 0 Å². The van der Waals surface area contributed by atoms with Gasteiger partial charge in [0.1, 0.15) is 5.76 Å². The van der Waals surface area contributed by atoms with E-state index in [2.05, 4.69) is 15.8 Å². The minimum atomic E-state index is -0.343. The number of aromatic nitrogens is 1. The molecule has 0 saturated heterocycles. The third-order valence-electron chi connectivity index (χ3n) is 3.50. The van der Waals surface area contributed by atoms with Gasteiger partial charge in [-0.3, -0.25) is 9.59 Å². The molecule has 0 saturated carbocycles. The molecule has 0 fully saturated rings. The molecule has 0 aliphatic heterocycles. The molecular formula is C17H21N3O3. The summed E-state index contributed by atoms with van der Waals surface area (Å²) in [7, 11) is 0. The lowest BCUT2D eigenvalue weighted by Crippen LogP contribution is -2.36. The van der Waals surface area contributed by atoms with E-state index in [0.717, 1.165) is 5.56 Å². The van der Waals surface area contributed by atoms with Gasteiger partial charge in [0.25, 0.3) is 0 Å². The first-order valence-corrected chi connectivity index (χ1v) is 7.42. The van der Waals surface area contributed by atoms with Gasteiger partial charge in [-0.1, -0.05) is 49.3 Å². The average Bonchev–Trinajstić information content (AvgIpc) is 2.91. The van der Waals surface area contributed by atoms with Crippen molar-refractivity contribution in [2.45, 2.75) is 32.6 Å². The highest BCUT2D eigenvalue weighted by molar-refractivity contribution is 5.93. The van der Waals surface area contributed by atoms with E-state index in [1.165, 1.54) is 0 Å². The largest absolute Gasteiger partial charge is 0.360 e. The summed E-state index contributed by atoms with van der Waals surface area (Å²) in [6.45, 7) is 5.63. The second kappa shape index (κ2) is 7.09. The maximum Gasteiger partial charge on any atom is 0.245 e. The molecule has 2 rings (SSSR count). The number of anilines is 1. The van der Waals surface area contributed by atoms with Crippen molar-refractivity contribution in [3.8, 4) is 0 Å². The van der Waals surface area contributed by atoms with Crippen molar-refractivity contribution in [2.75, 3.05) is 11.9 Å². The molecule has 2 amide bonds. The summed E-state index contributed by atoms with van der Waals surface area (Å²) in [5, 5.41) is 8.84. The van der Waals surface area contributed by atoms with Crippen LogP contribution in [0.3, 0.4) is 0 Å². The zero-order chi connectivity index (χ0) is 16.9. The molecule has 1 aromatic carbocycles. The first-order valence-electron chi connectivity index (χ1n) is 7.42. The van der Waals surface area contributed by atoms with Gasteiger partial charge in [0, 0.05) is 12.5 Å². The Morgan fingerprint density at radius 1 is 1.17 bits per heavy atom. The maximum atomic E-state index is 12.1. The minimum absolute atomic E-state index is 0.102. The van der Waals surface area contributed by atoms with Crippen LogP contribution in [0.25, 0.3) is 0 Å². The standard InChI is InChI=1S/C17H21N3O3/c1-12-9-14(20-23-12)19-16(22)11-18-15(21)10-17(2,3)13-7-5-4-6-8-13/h4-9H,10-11H2,1-3H3,(H,18,21)(H,19,20,22). The summed E-state index contributed by atoms with van der Waals surface area (Å²) >= 11 is 0. The van der Waals surface area contributed by atoms with Gasteiger partial charge in [-0.2, -0.15) is 0 Å². The fraction of sp³-hybridized carbons (Fsp3) is 0.353. The predicted molar refractivity (Wildman–Crippen MR) is 87.0 cm³/mol. The van der Waals surface area contributed by atoms with Crippen LogP contribution in [0.5, 0.6) is 0 Å². The Hall–Kier alpha value is -2.63. The lowest BCUT2D eigenvalue weighted by Gasteiger charge is -2.24. The molecule has 6 nitrogen and oxygen atoms in total. The highest BCUT2D eigenvalue weighted by Crippen LogP contribution is 2.26. The van der Waals surface area contributed by atoms with E-state index in [1.807, 2.05) is 44.2 Å². The number of carbonyl (C=O) groups excluding carboxylic acids is 2. The number of carbonyl (C=O) groups is 2. The van der Waals surface area contributed by atoms with Gasteiger partial charge in [0.2, 0.25) is 11.8 Å². The summed E-state index contributed by atoms with van der Waals surface area (Å²) in [5.74, 6) is 0.426. The second-order valence-corrected chi connectivity index (χ2v) is 6.07. The van der Waals surface area contributed by atoms with Crippen LogP contribution in [-0.2, 0) is 15.0 Å². The number of hydrogen-bond donors (Lipinski definition) is 2. The Morgan fingerprint density at radius 3 is 2.48 bits per heavy atom. The zero-order valence-electron chi connectivity index (χ0n) is 13.6. The molecule has 0 unspecified atom stereocenters. The zero-order valence-corrected chi connectivity index (χ0v) is 13.6. The highest BCUT2D eigenvalue weighted by atomic mass is 16.5. The molecule has 2 aromatic rings. The SMILES string of the molecule is Cc1cc(NC(=O)CNC(=O)CC(C)(C)c2ccccc2)no1. The Bertz CT molecular complexity index is 677. The Kier molecular flexibility index (Phi) is 5.16. The summed E-state index contributed by atoms with van der Waals surface area (Å²) in [5.41, 5.74) is 0.781. The normalized spacial score (nSPS) is 11.1. The maximum absolute atomic E-state index is 12.1. The van der Waals surface area contributed by atoms with E-state index in [4.69, 9.17) is 4.52 Å². The molecule has 2 N–H and O–H groups in total. The molecule has 6 heteroatoms. The molecular weight excluding hydrogens is 294 g/mol. The lowest BCUT2D eigenvalue weighted by molar-refractivity contribution is -0.125. The summed E-state index contributed by atoms with van der Waals surface area (Å²) < 4.78 is 4.85. The van der Waals surface area contributed by atoms with Gasteiger partial charge in [0.05, 0.1) is 6.54 Å². The van der Waals surface area contributed by atoms with Crippen LogP contribution in [0, 0.1) is 6.92 Å². The average molecular weight is 315 g/mol. The van der Waals surface area contributed by atoms with Crippen LogP contribution in [0.2, 0.25) is 0 Å². The summed E-state index contributed by atoms with van der Waals surface area (Å²) in [6.07, 6.45) is 0.299. The van der Waals surface area contributed by atoms with E-state index in [9.17, 15) is 9.59 Å². The van der Waals surface area contributed by atoms with Crippen LogP contribution in [0.1, 0.15) is 31.6 Å². The number of hydrogen-bond acceptors (Lipinski definition) is 4. The molecule has 0 aliphatic carbocycles. The molecule has 0 bridgehead atoms. The fourth-order valence-electron chi connectivity index (χ4n) is 2.25. The first kappa shape index (κ1) is 16.7. The van der Waals surface area contributed by atoms with Gasteiger partial charge in [-0.15, -0.1) is 0 Å². The van der Waals surface area contributed by atoms with Gasteiger partial charge in [-0.05, 0) is 17.9 Å². The molecule has 0 aliphatic rings. The number of benzene rings is 1. The molecule has 1 aromatic heterocycles. The van der Waals surface area contributed by atoms with Crippen LogP contribution < -0.4 is 10.6 Å². The highest BCUT2D eigenvalue weighted by Gasteiger charge is 2.24. The van der Waals surface area contributed by atoms with Crippen molar-refractivity contribution in [1.82, 2.24) is 10.5 Å². The molecule has 23 heavy (non-hydrogen) atoms. The third-order valence-corrected chi connectivity index (χ3v) is 3.50. The fourth-order valence-corrected chi connectivity index (χ4v) is 2.25. The van der Waals surface area contributed by atoms with Gasteiger partial charge in [0.15, 0.2) is 5.82 Å². The van der Waals surface area contributed by atoms with Crippen molar-refractivity contribution >= 4 is 17.6 Å². The van der Waals surface area contributed by atoms with Crippen LogP contribution in [-0.4, -0.2) is 23.5 Å². The molecule has 1 heterocycles. The number of amides is 2. The summed E-state index contributed by atoms with van der Waals surface area (Å²) in [4.78, 5) is 23.8. The van der Waals surface area contributed by atoms with E-state index in [0.29, 0.717) is 18.0 Å². The molecule has 0 radical (unpaired) electrons. The molecule has 122 valence electrons. The number of nitrogens with zero attached hydrogens (tertiary/aromatic N) is 1. The molecule has 0 spiro atoms. The van der Waals surface area contributed by atoms with Gasteiger partial charge < -0.3 is 15.2 Å². The van der Waals surface area contributed by atoms with E-state index in [-0.39, 0.29) is 23.8 Å².